The zero-order valence-corrected chi connectivity index (χ0v) is 13.2. The van der Waals surface area contributed by atoms with Crippen LogP contribution in [0.2, 0.25) is 0 Å². The Labute approximate surface area is 127 Å². The van der Waals surface area contributed by atoms with Gasteiger partial charge < -0.3 is 4.74 Å². The van der Waals surface area contributed by atoms with E-state index in [0.29, 0.717) is 25.3 Å². The molecule has 0 spiro atoms. The highest BCUT2D eigenvalue weighted by Gasteiger charge is 2.27. The van der Waals surface area contributed by atoms with Gasteiger partial charge in [0, 0.05) is 23.1 Å². The van der Waals surface area contributed by atoms with Crippen LogP contribution in [0.3, 0.4) is 0 Å². The number of ether oxygens (including phenoxy) is 1. The molecule has 0 amide bonds. The fourth-order valence-electron chi connectivity index (χ4n) is 2.54. The quantitative estimate of drug-likeness (QED) is 0.785. The molecule has 1 atom stereocenters. The predicted octanol–water partition coefficient (Wildman–Crippen LogP) is 3.36. The summed E-state index contributed by atoms with van der Waals surface area (Å²) in [5.74, 6) is -0.423. The van der Waals surface area contributed by atoms with Crippen molar-refractivity contribution < 1.29 is 13.9 Å². The van der Waals surface area contributed by atoms with E-state index >= 15 is 0 Å². The van der Waals surface area contributed by atoms with E-state index in [1.54, 1.807) is 6.07 Å². The number of hydrogen-bond acceptors (Lipinski definition) is 3. The fraction of sp³-hybridized carbons (Fsp3) is 0.533. The van der Waals surface area contributed by atoms with E-state index < -0.39 is 0 Å². The second-order valence-electron chi connectivity index (χ2n) is 5.06. The van der Waals surface area contributed by atoms with E-state index in [2.05, 4.69) is 20.8 Å². The lowest BCUT2D eigenvalue weighted by Gasteiger charge is -2.31. The van der Waals surface area contributed by atoms with Gasteiger partial charge in [-0.2, -0.15) is 0 Å². The monoisotopic (exact) mass is 343 g/mol. The lowest BCUT2D eigenvalue weighted by atomic mass is 9.97. The molecule has 1 heterocycles. The summed E-state index contributed by atoms with van der Waals surface area (Å²) in [5.41, 5.74) is 0.665. The van der Waals surface area contributed by atoms with Crippen LogP contribution in [0.15, 0.2) is 22.7 Å². The van der Waals surface area contributed by atoms with E-state index in [0.717, 1.165) is 23.9 Å². The van der Waals surface area contributed by atoms with Crippen molar-refractivity contribution in [1.29, 1.82) is 0 Å². The number of esters is 1. The smallest absolute Gasteiger partial charge is 0.310 e. The van der Waals surface area contributed by atoms with Crippen molar-refractivity contribution in [2.75, 3.05) is 19.7 Å². The molecule has 1 aliphatic heterocycles. The number of carbonyl (C=O) groups excluding carboxylic acids is 1. The van der Waals surface area contributed by atoms with Crippen molar-refractivity contribution in [1.82, 2.24) is 4.90 Å². The summed E-state index contributed by atoms with van der Waals surface area (Å²) >= 11 is 3.25. The molecular formula is C15H19BrFNO2. The van der Waals surface area contributed by atoms with Crippen molar-refractivity contribution in [3.8, 4) is 0 Å². The molecule has 5 heteroatoms. The number of halogens is 2. The highest BCUT2D eigenvalue weighted by Crippen LogP contribution is 2.22. The van der Waals surface area contributed by atoms with Gasteiger partial charge >= 0.3 is 5.97 Å². The Hall–Kier alpha value is -0.940. The van der Waals surface area contributed by atoms with Gasteiger partial charge in [-0.05, 0) is 38.4 Å². The number of benzene rings is 1. The summed E-state index contributed by atoms with van der Waals surface area (Å²) < 4.78 is 19.6. The van der Waals surface area contributed by atoms with Gasteiger partial charge in [0.15, 0.2) is 0 Å². The molecule has 0 radical (unpaired) electrons. The minimum absolute atomic E-state index is 0.0813. The van der Waals surface area contributed by atoms with Crippen LogP contribution in [0.1, 0.15) is 25.3 Å². The summed E-state index contributed by atoms with van der Waals surface area (Å²) in [6.45, 7) is 4.31. The van der Waals surface area contributed by atoms with E-state index in [-0.39, 0.29) is 17.7 Å². The largest absolute Gasteiger partial charge is 0.466 e. The minimum Gasteiger partial charge on any atom is -0.466 e. The molecule has 1 saturated heterocycles. The maximum Gasteiger partial charge on any atom is 0.310 e. The molecule has 0 aliphatic carbocycles. The first-order valence-corrected chi connectivity index (χ1v) is 7.72. The molecule has 1 unspecified atom stereocenters. The zero-order valence-electron chi connectivity index (χ0n) is 11.6. The number of nitrogens with zero attached hydrogens (tertiary/aromatic N) is 1. The van der Waals surface area contributed by atoms with Crippen LogP contribution in [0.25, 0.3) is 0 Å². The van der Waals surface area contributed by atoms with E-state index in [1.165, 1.54) is 6.07 Å². The average Bonchev–Trinajstić information content (AvgIpc) is 2.43. The molecular weight excluding hydrogens is 325 g/mol. The molecule has 1 aromatic carbocycles. The van der Waals surface area contributed by atoms with Gasteiger partial charge in [0.2, 0.25) is 0 Å². The number of hydrogen-bond donors (Lipinski definition) is 0. The van der Waals surface area contributed by atoms with E-state index in [9.17, 15) is 9.18 Å². The highest BCUT2D eigenvalue weighted by molar-refractivity contribution is 9.10. The van der Waals surface area contributed by atoms with Crippen LogP contribution in [-0.4, -0.2) is 30.6 Å². The standard InChI is InChI=1S/C15H19BrFNO2/c1-2-20-15(19)12-4-3-7-18(10-12)9-11-5-6-13(16)8-14(11)17/h5-6,8,12H,2-4,7,9-10H2,1H3. The summed E-state index contributed by atoms with van der Waals surface area (Å²) in [4.78, 5) is 13.9. The normalized spacial score (nSPS) is 19.9. The van der Waals surface area contributed by atoms with E-state index in [4.69, 9.17) is 4.74 Å². The van der Waals surface area contributed by atoms with Crippen LogP contribution in [-0.2, 0) is 16.1 Å². The lowest BCUT2D eigenvalue weighted by molar-refractivity contribution is -0.150. The second kappa shape index (κ2) is 7.18. The third kappa shape index (κ3) is 4.03. The predicted molar refractivity (Wildman–Crippen MR) is 78.7 cm³/mol. The number of piperidine rings is 1. The summed E-state index contributed by atoms with van der Waals surface area (Å²) in [7, 11) is 0. The van der Waals surface area contributed by atoms with Crippen LogP contribution in [0.4, 0.5) is 4.39 Å². The Kier molecular flexibility index (Phi) is 5.54. The molecule has 0 aromatic heterocycles. The molecule has 1 aromatic rings. The Morgan fingerprint density at radius 3 is 3.05 bits per heavy atom. The van der Waals surface area contributed by atoms with Crippen molar-refractivity contribution in [2.24, 2.45) is 5.92 Å². The zero-order chi connectivity index (χ0) is 14.5. The van der Waals surface area contributed by atoms with Gasteiger partial charge in [-0.1, -0.05) is 22.0 Å². The molecule has 0 saturated carbocycles. The van der Waals surface area contributed by atoms with Gasteiger partial charge in [0.05, 0.1) is 12.5 Å². The average molecular weight is 344 g/mol. The Balaban J connectivity index is 1.97. The summed E-state index contributed by atoms with van der Waals surface area (Å²) in [6, 6.07) is 5.10. The van der Waals surface area contributed by atoms with Crippen molar-refractivity contribution in [2.45, 2.75) is 26.3 Å². The van der Waals surface area contributed by atoms with Gasteiger partial charge in [-0.25, -0.2) is 4.39 Å². The molecule has 20 heavy (non-hydrogen) atoms. The first-order chi connectivity index (χ1) is 9.60. The van der Waals surface area contributed by atoms with Crippen LogP contribution >= 0.6 is 15.9 Å². The molecule has 1 fully saturated rings. The summed E-state index contributed by atoms with van der Waals surface area (Å²) in [5, 5.41) is 0. The molecule has 2 rings (SSSR count). The third-order valence-electron chi connectivity index (χ3n) is 3.53. The van der Waals surface area contributed by atoms with Crippen LogP contribution in [0.5, 0.6) is 0 Å². The van der Waals surface area contributed by atoms with Crippen LogP contribution < -0.4 is 0 Å². The van der Waals surface area contributed by atoms with Gasteiger partial charge in [-0.15, -0.1) is 0 Å². The van der Waals surface area contributed by atoms with Crippen molar-refractivity contribution in [3.05, 3.63) is 34.1 Å². The van der Waals surface area contributed by atoms with Gasteiger partial charge in [0.1, 0.15) is 5.82 Å². The molecule has 0 bridgehead atoms. The first-order valence-electron chi connectivity index (χ1n) is 6.93. The van der Waals surface area contributed by atoms with Gasteiger partial charge in [-0.3, -0.25) is 9.69 Å². The Bertz CT molecular complexity index is 481. The minimum atomic E-state index is -0.211. The lowest BCUT2D eigenvalue weighted by Crippen LogP contribution is -2.39. The topological polar surface area (TPSA) is 29.5 Å². The van der Waals surface area contributed by atoms with Crippen molar-refractivity contribution >= 4 is 21.9 Å². The maximum atomic E-state index is 13.8. The summed E-state index contributed by atoms with van der Waals surface area (Å²) in [6.07, 6.45) is 1.81. The van der Waals surface area contributed by atoms with Crippen molar-refractivity contribution in [3.63, 3.8) is 0 Å². The molecule has 3 nitrogen and oxygen atoms in total. The SMILES string of the molecule is CCOC(=O)C1CCCN(Cc2ccc(Br)cc2F)C1. The fourth-order valence-corrected chi connectivity index (χ4v) is 2.88. The second-order valence-corrected chi connectivity index (χ2v) is 5.98. The maximum absolute atomic E-state index is 13.8. The Morgan fingerprint density at radius 2 is 2.35 bits per heavy atom. The van der Waals surface area contributed by atoms with Crippen LogP contribution in [0, 0.1) is 11.7 Å². The number of likely N-dealkylation sites (tertiary alicyclic amines) is 1. The number of rotatable bonds is 4. The highest BCUT2D eigenvalue weighted by atomic mass is 79.9. The molecule has 110 valence electrons. The molecule has 0 N–H and O–H groups in total. The molecule has 1 aliphatic rings. The first kappa shape index (κ1) is 15.4. The number of carbonyl (C=O) groups is 1. The van der Waals surface area contributed by atoms with E-state index in [1.807, 2.05) is 13.0 Å². The third-order valence-corrected chi connectivity index (χ3v) is 4.03. The Morgan fingerprint density at radius 1 is 1.55 bits per heavy atom. The van der Waals surface area contributed by atoms with Gasteiger partial charge in [0.25, 0.3) is 0 Å².